The summed E-state index contributed by atoms with van der Waals surface area (Å²) in [5.41, 5.74) is 2.14. The topological polar surface area (TPSA) is 38.8 Å². The molecule has 0 aromatic heterocycles. The Balaban J connectivity index is 1.71. The molecular weight excluding hydrogens is 350 g/mol. The van der Waals surface area contributed by atoms with E-state index in [2.05, 4.69) is 12.1 Å². The largest absolute Gasteiger partial charge is 0.450 e. The standard InChI is InChI=1S/C21H24ClNO3/c1-2-25-21(24)23-13-11-19(12-14-23)26-20(16-7-4-3-5-8-16)17-9-6-10-18(22)15-17/h3-10,15,19-20H,2,11-14H2,1H3. The summed E-state index contributed by atoms with van der Waals surface area (Å²) in [7, 11) is 0. The molecule has 0 aliphatic carbocycles. The van der Waals surface area contributed by atoms with E-state index in [0.717, 1.165) is 24.0 Å². The zero-order valence-electron chi connectivity index (χ0n) is 14.9. The van der Waals surface area contributed by atoms with Crippen LogP contribution in [0.4, 0.5) is 4.79 Å². The maximum absolute atomic E-state index is 11.9. The molecule has 26 heavy (non-hydrogen) atoms. The Morgan fingerprint density at radius 1 is 1.12 bits per heavy atom. The van der Waals surface area contributed by atoms with Gasteiger partial charge in [-0.25, -0.2) is 4.79 Å². The van der Waals surface area contributed by atoms with E-state index in [1.165, 1.54) is 0 Å². The molecule has 3 rings (SSSR count). The lowest BCUT2D eigenvalue weighted by atomic mass is 10.00. The van der Waals surface area contributed by atoms with Crippen LogP contribution in [0.3, 0.4) is 0 Å². The van der Waals surface area contributed by atoms with E-state index >= 15 is 0 Å². The van der Waals surface area contributed by atoms with Crippen LogP contribution in [0.1, 0.15) is 37.0 Å². The first-order valence-corrected chi connectivity index (χ1v) is 9.42. The molecule has 1 heterocycles. The fraction of sp³-hybridized carbons (Fsp3) is 0.381. The van der Waals surface area contributed by atoms with Crippen LogP contribution >= 0.6 is 11.6 Å². The van der Waals surface area contributed by atoms with Crippen molar-refractivity contribution in [3.63, 3.8) is 0 Å². The fourth-order valence-corrected chi connectivity index (χ4v) is 3.43. The molecule has 0 spiro atoms. The molecule has 0 saturated carbocycles. The van der Waals surface area contributed by atoms with E-state index in [1.54, 1.807) is 4.90 Å². The molecule has 0 radical (unpaired) electrons. The number of hydrogen-bond donors (Lipinski definition) is 0. The molecule has 2 aromatic rings. The maximum atomic E-state index is 11.9. The molecule has 0 bridgehead atoms. The Hall–Kier alpha value is -2.04. The minimum absolute atomic E-state index is 0.0878. The molecule has 1 amide bonds. The van der Waals surface area contributed by atoms with E-state index in [0.29, 0.717) is 24.7 Å². The van der Waals surface area contributed by atoms with Crippen LogP contribution in [-0.4, -0.2) is 36.8 Å². The van der Waals surface area contributed by atoms with E-state index < -0.39 is 0 Å². The van der Waals surface area contributed by atoms with Crippen molar-refractivity contribution in [1.82, 2.24) is 4.90 Å². The van der Waals surface area contributed by atoms with Crippen molar-refractivity contribution in [1.29, 1.82) is 0 Å². The number of carbonyl (C=O) groups is 1. The summed E-state index contributed by atoms with van der Waals surface area (Å²) in [6, 6.07) is 18.0. The zero-order valence-corrected chi connectivity index (χ0v) is 15.7. The third kappa shape index (κ3) is 4.77. The van der Waals surface area contributed by atoms with E-state index in [-0.39, 0.29) is 18.3 Å². The van der Waals surface area contributed by atoms with Crippen LogP contribution in [-0.2, 0) is 9.47 Å². The molecule has 4 nitrogen and oxygen atoms in total. The highest BCUT2D eigenvalue weighted by molar-refractivity contribution is 6.30. The highest BCUT2D eigenvalue weighted by Crippen LogP contribution is 2.31. The number of rotatable bonds is 5. The lowest BCUT2D eigenvalue weighted by Gasteiger charge is -2.33. The van der Waals surface area contributed by atoms with Crippen molar-refractivity contribution >= 4 is 17.7 Å². The quantitative estimate of drug-likeness (QED) is 0.734. The summed E-state index contributed by atoms with van der Waals surface area (Å²) in [6.45, 7) is 3.53. The molecular formula is C21H24ClNO3. The van der Waals surface area contributed by atoms with E-state index in [1.807, 2.05) is 49.4 Å². The molecule has 1 saturated heterocycles. The van der Waals surface area contributed by atoms with Crippen LogP contribution < -0.4 is 0 Å². The van der Waals surface area contributed by atoms with Gasteiger partial charge in [-0.2, -0.15) is 0 Å². The molecule has 5 heteroatoms. The number of halogens is 1. The maximum Gasteiger partial charge on any atom is 0.409 e. The van der Waals surface area contributed by atoms with Crippen LogP contribution in [0, 0.1) is 0 Å². The van der Waals surface area contributed by atoms with E-state index in [4.69, 9.17) is 21.1 Å². The zero-order chi connectivity index (χ0) is 18.4. The Morgan fingerprint density at radius 2 is 1.81 bits per heavy atom. The van der Waals surface area contributed by atoms with Crippen molar-refractivity contribution in [3.8, 4) is 0 Å². The first-order valence-electron chi connectivity index (χ1n) is 9.05. The SMILES string of the molecule is CCOC(=O)N1CCC(OC(c2ccccc2)c2cccc(Cl)c2)CC1. The lowest BCUT2D eigenvalue weighted by Crippen LogP contribution is -2.41. The first kappa shape index (κ1) is 18.7. The van der Waals surface area contributed by atoms with Crippen molar-refractivity contribution in [2.75, 3.05) is 19.7 Å². The van der Waals surface area contributed by atoms with Gasteiger partial charge in [-0.05, 0) is 43.0 Å². The van der Waals surface area contributed by atoms with Crippen LogP contribution in [0.15, 0.2) is 54.6 Å². The molecule has 1 aliphatic heterocycles. The third-order valence-corrected chi connectivity index (χ3v) is 4.79. The van der Waals surface area contributed by atoms with Gasteiger partial charge in [0.25, 0.3) is 0 Å². The number of benzene rings is 2. The molecule has 138 valence electrons. The monoisotopic (exact) mass is 373 g/mol. The Bertz CT molecular complexity index is 714. The lowest BCUT2D eigenvalue weighted by molar-refractivity contribution is -0.0259. The predicted molar refractivity (Wildman–Crippen MR) is 102 cm³/mol. The van der Waals surface area contributed by atoms with Gasteiger partial charge in [0, 0.05) is 18.1 Å². The summed E-state index contributed by atoms with van der Waals surface area (Å²) in [5.74, 6) is 0. The molecule has 1 aliphatic rings. The van der Waals surface area contributed by atoms with Gasteiger partial charge in [0.1, 0.15) is 6.10 Å². The predicted octanol–water partition coefficient (Wildman–Crippen LogP) is 5.07. The first-order chi connectivity index (χ1) is 12.7. The van der Waals surface area contributed by atoms with Crippen LogP contribution in [0.2, 0.25) is 5.02 Å². The van der Waals surface area contributed by atoms with Crippen molar-refractivity contribution in [3.05, 3.63) is 70.7 Å². The summed E-state index contributed by atoms with van der Waals surface area (Å²) in [6.07, 6.45) is 1.27. The number of piperidine rings is 1. The molecule has 2 aromatic carbocycles. The van der Waals surface area contributed by atoms with Crippen molar-refractivity contribution in [2.45, 2.75) is 32.0 Å². The number of nitrogens with zero attached hydrogens (tertiary/aromatic N) is 1. The number of carbonyl (C=O) groups excluding carboxylic acids is 1. The van der Waals surface area contributed by atoms with Gasteiger partial charge < -0.3 is 14.4 Å². The Kier molecular flexibility index (Phi) is 6.53. The van der Waals surface area contributed by atoms with Crippen LogP contribution in [0.5, 0.6) is 0 Å². The molecule has 1 unspecified atom stereocenters. The minimum atomic E-state index is -0.236. The van der Waals surface area contributed by atoms with Gasteiger partial charge in [-0.1, -0.05) is 54.1 Å². The molecule has 1 fully saturated rings. The second-order valence-electron chi connectivity index (χ2n) is 6.37. The van der Waals surface area contributed by atoms with Crippen molar-refractivity contribution in [2.24, 2.45) is 0 Å². The molecule has 1 atom stereocenters. The highest BCUT2D eigenvalue weighted by atomic mass is 35.5. The summed E-state index contributed by atoms with van der Waals surface area (Å²) in [4.78, 5) is 13.6. The smallest absolute Gasteiger partial charge is 0.409 e. The van der Waals surface area contributed by atoms with Gasteiger partial charge in [-0.3, -0.25) is 0 Å². The summed E-state index contributed by atoms with van der Waals surface area (Å²) in [5, 5.41) is 0.698. The van der Waals surface area contributed by atoms with E-state index in [9.17, 15) is 4.79 Å². The highest BCUT2D eigenvalue weighted by Gasteiger charge is 2.27. The second kappa shape index (κ2) is 9.06. The Labute approximate surface area is 159 Å². The third-order valence-electron chi connectivity index (χ3n) is 4.55. The van der Waals surface area contributed by atoms with Gasteiger partial charge in [-0.15, -0.1) is 0 Å². The summed E-state index contributed by atoms with van der Waals surface area (Å²) >= 11 is 6.19. The summed E-state index contributed by atoms with van der Waals surface area (Å²) < 4.78 is 11.6. The van der Waals surface area contributed by atoms with Gasteiger partial charge in [0.15, 0.2) is 0 Å². The second-order valence-corrected chi connectivity index (χ2v) is 6.80. The minimum Gasteiger partial charge on any atom is -0.450 e. The average molecular weight is 374 g/mol. The molecule has 0 N–H and O–H groups in total. The van der Waals surface area contributed by atoms with Gasteiger partial charge in [0.2, 0.25) is 0 Å². The van der Waals surface area contributed by atoms with Gasteiger partial charge >= 0.3 is 6.09 Å². The van der Waals surface area contributed by atoms with Crippen LogP contribution in [0.25, 0.3) is 0 Å². The Morgan fingerprint density at radius 3 is 2.46 bits per heavy atom. The number of likely N-dealkylation sites (tertiary alicyclic amines) is 1. The number of ether oxygens (including phenoxy) is 2. The number of amides is 1. The fourth-order valence-electron chi connectivity index (χ4n) is 3.23. The number of hydrogen-bond acceptors (Lipinski definition) is 3. The normalized spacial score (nSPS) is 16.3. The van der Waals surface area contributed by atoms with Crippen molar-refractivity contribution < 1.29 is 14.3 Å². The van der Waals surface area contributed by atoms with Gasteiger partial charge in [0.05, 0.1) is 12.7 Å². The average Bonchev–Trinajstić information content (AvgIpc) is 2.67.